The fraction of sp³-hybridized carbons (Fsp3) is 0.250. The summed E-state index contributed by atoms with van der Waals surface area (Å²) < 4.78 is 28.1. The Morgan fingerprint density at radius 3 is 2.68 bits per heavy atom. The molecule has 3 rings (SSSR count). The molecule has 2 heterocycles. The number of aryl methyl sites for hydroxylation is 1. The third-order valence-electron chi connectivity index (χ3n) is 3.51. The molecule has 0 fully saturated rings. The summed E-state index contributed by atoms with van der Waals surface area (Å²) in [7, 11) is 0. The molecule has 0 spiro atoms. The van der Waals surface area contributed by atoms with Crippen LogP contribution < -0.4 is 0 Å². The largest absolute Gasteiger partial charge is 0.393 e. The monoisotopic (exact) mass is 303 g/mol. The zero-order valence-electron chi connectivity index (χ0n) is 12.0. The van der Waals surface area contributed by atoms with Crippen molar-refractivity contribution in [2.45, 2.75) is 26.0 Å². The van der Waals surface area contributed by atoms with Crippen LogP contribution in [-0.4, -0.2) is 26.0 Å². The molecular formula is C16H15F2N3O. The molecular weight excluding hydrogens is 288 g/mol. The van der Waals surface area contributed by atoms with Crippen LogP contribution in [-0.2, 0) is 6.54 Å². The summed E-state index contributed by atoms with van der Waals surface area (Å²) in [5.41, 5.74) is 2.75. The second-order valence-electron chi connectivity index (χ2n) is 5.26. The van der Waals surface area contributed by atoms with Crippen molar-refractivity contribution < 1.29 is 13.9 Å². The number of benzene rings is 1. The van der Waals surface area contributed by atoms with Gasteiger partial charge in [0.1, 0.15) is 5.52 Å². The Morgan fingerprint density at radius 2 is 1.95 bits per heavy atom. The van der Waals surface area contributed by atoms with Crippen LogP contribution in [0.15, 0.2) is 36.7 Å². The number of pyridine rings is 1. The number of rotatable bonds is 4. The topological polar surface area (TPSA) is 50.9 Å². The van der Waals surface area contributed by atoms with E-state index in [1.807, 2.05) is 6.07 Å². The molecule has 0 saturated heterocycles. The lowest BCUT2D eigenvalue weighted by Crippen LogP contribution is -2.07. The Hall–Kier alpha value is -2.34. The van der Waals surface area contributed by atoms with Crippen LogP contribution in [0.4, 0.5) is 8.78 Å². The van der Waals surface area contributed by atoms with Crippen molar-refractivity contribution in [3.8, 4) is 11.1 Å². The molecule has 4 nitrogen and oxygen atoms in total. The molecule has 1 unspecified atom stereocenters. The van der Waals surface area contributed by atoms with Gasteiger partial charge in [-0.05, 0) is 37.1 Å². The van der Waals surface area contributed by atoms with Gasteiger partial charge in [0.15, 0.2) is 11.6 Å². The van der Waals surface area contributed by atoms with Crippen molar-refractivity contribution in [2.24, 2.45) is 0 Å². The molecule has 3 aromatic rings. The predicted octanol–water partition coefficient (Wildman–Crippen LogP) is 3.15. The van der Waals surface area contributed by atoms with Gasteiger partial charge >= 0.3 is 0 Å². The Balaban J connectivity index is 2.00. The van der Waals surface area contributed by atoms with Crippen LogP contribution in [0.1, 0.15) is 13.3 Å². The van der Waals surface area contributed by atoms with Gasteiger partial charge in [0.05, 0.1) is 17.8 Å². The molecule has 6 heteroatoms. The molecule has 0 aliphatic rings. The summed E-state index contributed by atoms with van der Waals surface area (Å²) >= 11 is 0. The molecule has 1 aromatic carbocycles. The predicted molar refractivity (Wildman–Crippen MR) is 79.2 cm³/mol. The summed E-state index contributed by atoms with van der Waals surface area (Å²) in [4.78, 5) is 4.30. The number of aromatic nitrogens is 3. The molecule has 0 bridgehead atoms. The van der Waals surface area contributed by atoms with E-state index in [-0.39, 0.29) is 0 Å². The third kappa shape index (κ3) is 2.82. The van der Waals surface area contributed by atoms with E-state index in [1.165, 1.54) is 6.07 Å². The Morgan fingerprint density at radius 1 is 1.14 bits per heavy atom. The normalized spacial score (nSPS) is 12.7. The van der Waals surface area contributed by atoms with Crippen molar-refractivity contribution in [3.05, 3.63) is 48.3 Å². The minimum Gasteiger partial charge on any atom is -0.393 e. The number of nitrogens with zero attached hydrogens (tertiary/aromatic N) is 3. The molecule has 0 saturated carbocycles. The van der Waals surface area contributed by atoms with Crippen molar-refractivity contribution in [2.75, 3.05) is 0 Å². The first-order chi connectivity index (χ1) is 10.5. The second kappa shape index (κ2) is 5.81. The van der Waals surface area contributed by atoms with E-state index in [0.29, 0.717) is 24.1 Å². The van der Waals surface area contributed by atoms with Crippen LogP contribution in [0.2, 0.25) is 0 Å². The van der Waals surface area contributed by atoms with Gasteiger partial charge in [-0.2, -0.15) is 5.10 Å². The molecule has 2 aromatic heterocycles. The highest BCUT2D eigenvalue weighted by atomic mass is 19.2. The fourth-order valence-electron chi connectivity index (χ4n) is 2.28. The Bertz CT molecular complexity index is 814. The maximum atomic E-state index is 13.4. The standard InChI is InChI=1S/C16H15F2N3O/c1-10(22)4-5-21-16-7-12(8-19-15(16)9-20-21)11-2-3-13(17)14(18)6-11/h2-3,6-10,22H,4-5H2,1H3. The maximum absolute atomic E-state index is 13.4. The lowest BCUT2D eigenvalue weighted by Gasteiger charge is -2.07. The van der Waals surface area contributed by atoms with Gasteiger partial charge in [-0.1, -0.05) is 6.07 Å². The van der Waals surface area contributed by atoms with Gasteiger partial charge in [0.2, 0.25) is 0 Å². The van der Waals surface area contributed by atoms with Gasteiger partial charge in [0, 0.05) is 18.3 Å². The summed E-state index contributed by atoms with van der Waals surface area (Å²) in [6, 6.07) is 5.59. The quantitative estimate of drug-likeness (QED) is 0.805. The first-order valence-corrected chi connectivity index (χ1v) is 6.99. The van der Waals surface area contributed by atoms with Crippen LogP contribution in [0.5, 0.6) is 0 Å². The van der Waals surface area contributed by atoms with Gasteiger partial charge in [0.25, 0.3) is 0 Å². The molecule has 0 aliphatic carbocycles. The molecule has 0 aliphatic heterocycles. The summed E-state index contributed by atoms with van der Waals surface area (Å²) in [5, 5.41) is 13.6. The minimum absolute atomic E-state index is 0.415. The maximum Gasteiger partial charge on any atom is 0.159 e. The summed E-state index contributed by atoms with van der Waals surface area (Å²) in [6.07, 6.45) is 3.41. The molecule has 1 N–H and O–H groups in total. The zero-order chi connectivity index (χ0) is 15.7. The molecule has 22 heavy (non-hydrogen) atoms. The number of fused-ring (bicyclic) bond motifs is 1. The minimum atomic E-state index is -0.889. The molecule has 114 valence electrons. The van der Waals surface area contributed by atoms with E-state index >= 15 is 0 Å². The highest BCUT2D eigenvalue weighted by Crippen LogP contribution is 2.24. The van der Waals surface area contributed by atoms with E-state index in [2.05, 4.69) is 10.1 Å². The Kier molecular flexibility index (Phi) is 3.85. The van der Waals surface area contributed by atoms with Crippen molar-refractivity contribution >= 4 is 11.0 Å². The fourth-order valence-corrected chi connectivity index (χ4v) is 2.28. The highest BCUT2D eigenvalue weighted by Gasteiger charge is 2.09. The number of hydrogen-bond acceptors (Lipinski definition) is 3. The number of aliphatic hydroxyl groups is 1. The van der Waals surface area contributed by atoms with Gasteiger partial charge in [-0.25, -0.2) is 8.78 Å². The van der Waals surface area contributed by atoms with Crippen LogP contribution in [0, 0.1) is 11.6 Å². The average molecular weight is 303 g/mol. The first-order valence-electron chi connectivity index (χ1n) is 6.99. The van der Waals surface area contributed by atoms with Crippen LogP contribution in [0.25, 0.3) is 22.2 Å². The number of halogens is 2. The van der Waals surface area contributed by atoms with Gasteiger partial charge in [-0.3, -0.25) is 9.67 Å². The van der Waals surface area contributed by atoms with Crippen molar-refractivity contribution in [3.63, 3.8) is 0 Å². The second-order valence-corrected chi connectivity index (χ2v) is 5.26. The van der Waals surface area contributed by atoms with E-state index in [9.17, 15) is 13.9 Å². The van der Waals surface area contributed by atoms with Crippen molar-refractivity contribution in [1.82, 2.24) is 14.8 Å². The smallest absolute Gasteiger partial charge is 0.159 e. The Labute approximate surface area is 126 Å². The molecule has 1 atom stereocenters. The van der Waals surface area contributed by atoms with E-state index < -0.39 is 17.7 Å². The van der Waals surface area contributed by atoms with E-state index in [0.717, 1.165) is 23.2 Å². The number of hydrogen-bond donors (Lipinski definition) is 1. The molecule has 0 radical (unpaired) electrons. The van der Waals surface area contributed by atoms with Gasteiger partial charge < -0.3 is 5.11 Å². The SMILES string of the molecule is CC(O)CCn1ncc2ncc(-c3ccc(F)c(F)c3)cc21. The van der Waals surface area contributed by atoms with E-state index in [1.54, 1.807) is 24.0 Å². The summed E-state index contributed by atoms with van der Waals surface area (Å²) in [5.74, 6) is -1.76. The lowest BCUT2D eigenvalue weighted by molar-refractivity contribution is 0.177. The van der Waals surface area contributed by atoms with Crippen molar-refractivity contribution in [1.29, 1.82) is 0 Å². The average Bonchev–Trinajstić information content (AvgIpc) is 2.90. The summed E-state index contributed by atoms with van der Waals surface area (Å²) in [6.45, 7) is 2.28. The highest BCUT2D eigenvalue weighted by molar-refractivity contribution is 5.80. The number of aliphatic hydroxyl groups excluding tert-OH is 1. The zero-order valence-corrected chi connectivity index (χ0v) is 12.0. The first kappa shape index (κ1) is 14.6. The lowest BCUT2D eigenvalue weighted by atomic mass is 10.1. The molecule has 0 amide bonds. The van der Waals surface area contributed by atoms with Crippen LogP contribution >= 0.6 is 0 Å². The van der Waals surface area contributed by atoms with Crippen LogP contribution in [0.3, 0.4) is 0 Å². The third-order valence-corrected chi connectivity index (χ3v) is 3.51. The van der Waals surface area contributed by atoms with Gasteiger partial charge in [-0.15, -0.1) is 0 Å². The van der Waals surface area contributed by atoms with E-state index in [4.69, 9.17) is 0 Å².